The van der Waals surface area contributed by atoms with Crippen LogP contribution in [0.5, 0.6) is 0 Å². The largest absolute Gasteiger partial charge is 0.480 e. The Kier molecular flexibility index (Phi) is 11.0. The normalized spacial score (nSPS) is 14.6. The minimum atomic E-state index is -1.27. The number of imidazole rings is 1. The summed E-state index contributed by atoms with van der Waals surface area (Å²) in [6.45, 7) is 5.06. The number of carboxylic acid groups (broad SMARTS) is 1. The lowest BCUT2D eigenvalue weighted by Gasteiger charge is -2.24. The molecule has 0 bridgehead atoms. The summed E-state index contributed by atoms with van der Waals surface area (Å²) in [6, 6.07) is -4.43. The van der Waals surface area contributed by atoms with Crippen LogP contribution in [0, 0.1) is 5.92 Å². The number of nitrogens with two attached hydrogens (primary N) is 2. The fraction of sp³-hybridized carbons (Fsp3) is 0.600. The molecule has 1 aromatic rings. The number of H-pyrrole nitrogens is 1. The van der Waals surface area contributed by atoms with Gasteiger partial charge in [-0.3, -0.25) is 24.0 Å². The number of aliphatic carboxylic acids is 1. The number of carbonyl (C=O) groups excluding carboxylic acids is 4. The number of amides is 4. The molecule has 0 radical (unpaired) electrons. The van der Waals surface area contributed by atoms with E-state index in [0.29, 0.717) is 12.1 Å². The first-order chi connectivity index (χ1) is 15.4. The summed E-state index contributed by atoms with van der Waals surface area (Å²) in [4.78, 5) is 67.0. The number of primary amides is 1. The number of aromatic nitrogens is 2. The molecule has 0 fully saturated rings. The van der Waals surface area contributed by atoms with Crippen molar-refractivity contribution < 1.29 is 29.1 Å². The van der Waals surface area contributed by atoms with Crippen LogP contribution in [0.4, 0.5) is 0 Å². The highest BCUT2D eigenvalue weighted by atomic mass is 16.4. The first kappa shape index (κ1) is 27.6. The van der Waals surface area contributed by atoms with Gasteiger partial charge in [0.1, 0.15) is 18.1 Å². The maximum atomic E-state index is 13.0. The lowest BCUT2D eigenvalue weighted by molar-refractivity contribution is -0.142. The summed E-state index contributed by atoms with van der Waals surface area (Å²) in [5.74, 6) is -3.88. The van der Waals surface area contributed by atoms with Crippen LogP contribution in [0.3, 0.4) is 0 Å². The van der Waals surface area contributed by atoms with Gasteiger partial charge in [0.25, 0.3) is 0 Å². The van der Waals surface area contributed by atoms with Crippen LogP contribution in [0.2, 0.25) is 0 Å². The molecule has 9 N–H and O–H groups in total. The van der Waals surface area contributed by atoms with Crippen LogP contribution < -0.4 is 27.4 Å². The topological polar surface area (TPSA) is 222 Å². The summed E-state index contributed by atoms with van der Waals surface area (Å²) in [5, 5.41) is 16.3. The van der Waals surface area contributed by atoms with E-state index in [0.717, 1.165) is 0 Å². The molecule has 0 saturated heterocycles. The van der Waals surface area contributed by atoms with E-state index in [-0.39, 0.29) is 25.2 Å². The highest BCUT2D eigenvalue weighted by Gasteiger charge is 2.30. The molecule has 4 amide bonds. The van der Waals surface area contributed by atoms with E-state index in [4.69, 9.17) is 16.6 Å². The molecule has 33 heavy (non-hydrogen) atoms. The SMILES string of the molecule is CC(C)CC(N)C(=O)NC(Cc1cnc[nH]1)C(=O)NC(CCC(N)=O)C(=O)NC(C)C(=O)O. The zero-order valence-corrected chi connectivity index (χ0v) is 19.0. The Bertz CT molecular complexity index is 827. The molecule has 13 nitrogen and oxygen atoms in total. The van der Waals surface area contributed by atoms with Crippen LogP contribution in [-0.2, 0) is 30.4 Å². The maximum absolute atomic E-state index is 13.0. The van der Waals surface area contributed by atoms with Crippen molar-refractivity contribution in [3.63, 3.8) is 0 Å². The van der Waals surface area contributed by atoms with Crippen LogP contribution >= 0.6 is 0 Å². The number of nitrogens with one attached hydrogen (secondary N) is 4. The summed E-state index contributed by atoms with van der Waals surface area (Å²) in [5.41, 5.74) is 11.6. The Labute approximate surface area is 191 Å². The predicted molar refractivity (Wildman–Crippen MR) is 117 cm³/mol. The number of nitrogens with zero attached hydrogens (tertiary/aromatic N) is 1. The second-order valence-electron chi connectivity index (χ2n) is 8.21. The Morgan fingerprint density at radius 1 is 1.03 bits per heavy atom. The molecular formula is C20H33N7O6. The van der Waals surface area contributed by atoms with Crippen molar-refractivity contribution in [3.8, 4) is 0 Å². The van der Waals surface area contributed by atoms with Gasteiger partial charge in [-0.15, -0.1) is 0 Å². The Balaban J connectivity index is 3.01. The third kappa shape index (κ3) is 10.1. The van der Waals surface area contributed by atoms with Gasteiger partial charge >= 0.3 is 5.97 Å². The van der Waals surface area contributed by atoms with Crippen molar-refractivity contribution in [1.29, 1.82) is 0 Å². The maximum Gasteiger partial charge on any atom is 0.325 e. The van der Waals surface area contributed by atoms with E-state index in [1.54, 1.807) is 0 Å². The molecule has 0 aromatic carbocycles. The highest BCUT2D eigenvalue weighted by Crippen LogP contribution is 2.06. The van der Waals surface area contributed by atoms with E-state index < -0.39 is 53.8 Å². The molecule has 1 rings (SSSR count). The molecule has 0 aliphatic carbocycles. The smallest absolute Gasteiger partial charge is 0.325 e. The van der Waals surface area contributed by atoms with Crippen molar-refractivity contribution in [2.45, 2.75) is 70.6 Å². The second-order valence-corrected chi connectivity index (χ2v) is 8.21. The predicted octanol–water partition coefficient (Wildman–Crippen LogP) is -1.85. The van der Waals surface area contributed by atoms with Gasteiger partial charge in [-0.05, 0) is 25.7 Å². The number of hydrogen-bond donors (Lipinski definition) is 7. The third-order valence-electron chi connectivity index (χ3n) is 4.72. The fourth-order valence-corrected chi connectivity index (χ4v) is 2.92. The summed E-state index contributed by atoms with van der Waals surface area (Å²) in [7, 11) is 0. The van der Waals surface area contributed by atoms with Crippen LogP contribution in [0.1, 0.15) is 45.7 Å². The van der Waals surface area contributed by atoms with Crippen LogP contribution in [-0.4, -0.2) is 68.8 Å². The summed E-state index contributed by atoms with van der Waals surface area (Å²) in [6.07, 6.45) is 2.94. The van der Waals surface area contributed by atoms with Gasteiger partial charge in [0, 0.05) is 24.7 Å². The number of rotatable bonds is 14. The van der Waals surface area contributed by atoms with Crippen molar-refractivity contribution in [1.82, 2.24) is 25.9 Å². The lowest BCUT2D eigenvalue weighted by Crippen LogP contribution is -2.57. The average Bonchev–Trinajstić information content (AvgIpc) is 3.22. The van der Waals surface area contributed by atoms with Crippen molar-refractivity contribution in [3.05, 3.63) is 18.2 Å². The van der Waals surface area contributed by atoms with E-state index in [1.165, 1.54) is 19.4 Å². The van der Waals surface area contributed by atoms with Crippen molar-refractivity contribution in [2.75, 3.05) is 0 Å². The number of aromatic amines is 1. The first-order valence-corrected chi connectivity index (χ1v) is 10.6. The molecule has 4 atom stereocenters. The molecule has 4 unspecified atom stereocenters. The standard InChI is InChI=1S/C20H33N7O6/c1-10(2)6-13(21)17(29)27-15(7-12-8-23-9-24-12)19(31)26-14(4-5-16(22)28)18(30)25-11(3)20(32)33/h8-11,13-15H,4-7,21H2,1-3H3,(H2,22,28)(H,23,24)(H,25,30)(H,26,31)(H,27,29)(H,32,33). The fourth-order valence-electron chi connectivity index (χ4n) is 2.92. The molecular weight excluding hydrogens is 434 g/mol. The molecule has 0 spiro atoms. The van der Waals surface area contributed by atoms with Crippen LogP contribution in [0.15, 0.2) is 12.5 Å². The van der Waals surface area contributed by atoms with Gasteiger partial charge in [0.05, 0.1) is 12.4 Å². The van der Waals surface area contributed by atoms with Crippen molar-refractivity contribution >= 4 is 29.6 Å². The molecule has 0 aliphatic rings. The van der Waals surface area contributed by atoms with Gasteiger partial charge in [-0.25, -0.2) is 4.98 Å². The van der Waals surface area contributed by atoms with Crippen LogP contribution in [0.25, 0.3) is 0 Å². The number of carboxylic acids is 1. The highest BCUT2D eigenvalue weighted by molar-refractivity contribution is 5.94. The summed E-state index contributed by atoms with van der Waals surface area (Å²) < 4.78 is 0. The van der Waals surface area contributed by atoms with Crippen molar-refractivity contribution in [2.24, 2.45) is 17.4 Å². The lowest BCUT2D eigenvalue weighted by atomic mass is 10.0. The molecule has 0 saturated carbocycles. The van der Waals surface area contributed by atoms with Gasteiger partial charge in [-0.1, -0.05) is 13.8 Å². The minimum absolute atomic E-state index is 0.0294. The second kappa shape index (κ2) is 13.2. The summed E-state index contributed by atoms with van der Waals surface area (Å²) >= 11 is 0. The van der Waals surface area contributed by atoms with Gasteiger partial charge in [-0.2, -0.15) is 0 Å². The first-order valence-electron chi connectivity index (χ1n) is 10.6. The zero-order valence-electron chi connectivity index (χ0n) is 19.0. The van der Waals surface area contributed by atoms with E-state index in [1.807, 2.05) is 13.8 Å². The third-order valence-corrected chi connectivity index (χ3v) is 4.72. The van der Waals surface area contributed by atoms with E-state index in [9.17, 15) is 24.0 Å². The minimum Gasteiger partial charge on any atom is -0.480 e. The van der Waals surface area contributed by atoms with Gasteiger partial charge in [0.15, 0.2) is 0 Å². The Morgan fingerprint density at radius 2 is 1.64 bits per heavy atom. The van der Waals surface area contributed by atoms with Gasteiger partial charge in [0.2, 0.25) is 23.6 Å². The number of hydrogen-bond acceptors (Lipinski definition) is 7. The molecule has 13 heteroatoms. The Hall–Kier alpha value is -3.48. The molecule has 0 aliphatic heterocycles. The quantitative estimate of drug-likeness (QED) is 0.164. The molecule has 184 valence electrons. The Morgan fingerprint density at radius 3 is 2.15 bits per heavy atom. The molecule has 1 heterocycles. The number of carbonyl (C=O) groups is 5. The molecule has 1 aromatic heterocycles. The van der Waals surface area contributed by atoms with Gasteiger partial charge < -0.3 is 37.5 Å². The van der Waals surface area contributed by atoms with E-state index in [2.05, 4.69) is 25.9 Å². The van der Waals surface area contributed by atoms with E-state index >= 15 is 0 Å². The zero-order chi connectivity index (χ0) is 25.1. The monoisotopic (exact) mass is 467 g/mol. The average molecular weight is 468 g/mol.